The molecule has 0 aliphatic carbocycles. The highest BCUT2D eigenvalue weighted by molar-refractivity contribution is 6.23. The number of H-pyrrole nitrogens is 1. The van der Waals surface area contributed by atoms with Crippen LogP contribution in [0.2, 0.25) is 0 Å². The van der Waals surface area contributed by atoms with E-state index in [1.165, 1.54) is 7.11 Å². The first-order chi connectivity index (χ1) is 17.5. The van der Waals surface area contributed by atoms with Crippen LogP contribution in [0.5, 0.6) is 5.75 Å². The molecule has 0 bridgehead atoms. The summed E-state index contributed by atoms with van der Waals surface area (Å²) in [6.45, 7) is 0. The van der Waals surface area contributed by atoms with Crippen LogP contribution >= 0.6 is 0 Å². The molecule has 0 spiro atoms. The molecule has 2 aliphatic heterocycles. The topological polar surface area (TPSA) is 91.9 Å². The van der Waals surface area contributed by atoms with Crippen LogP contribution < -0.4 is 9.64 Å². The molecule has 3 aromatic carbocycles. The molecule has 8 nitrogen and oxygen atoms in total. The Hall–Kier alpha value is -4.59. The summed E-state index contributed by atoms with van der Waals surface area (Å²) in [6.07, 6.45) is 0.354. The summed E-state index contributed by atoms with van der Waals surface area (Å²) in [6, 6.07) is 20.1. The van der Waals surface area contributed by atoms with Gasteiger partial charge < -0.3 is 14.5 Å². The number of nitrogens with zero attached hydrogens (tertiary/aromatic N) is 2. The molecule has 0 radical (unpaired) electrons. The summed E-state index contributed by atoms with van der Waals surface area (Å²) in [7, 11) is 2.85. The molecule has 1 N–H and O–H groups in total. The van der Waals surface area contributed by atoms with Crippen molar-refractivity contribution < 1.29 is 23.9 Å². The van der Waals surface area contributed by atoms with Crippen molar-refractivity contribution in [3.63, 3.8) is 0 Å². The fourth-order valence-electron chi connectivity index (χ4n) is 5.46. The Balaban J connectivity index is 1.56. The number of ether oxygens (including phenoxy) is 2. The number of imide groups is 1. The second-order valence-electron chi connectivity index (χ2n) is 8.80. The molecule has 0 unspecified atom stereocenters. The third-order valence-corrected chi connectivity index (χ3v) is 7.03. The number of amides is 3. The van der Waals surface area contributed by atoms with Crippen LogP contribution in [0.15, 0.2) is 72.8 Å². The molecule has 1 fully saturated rings. The van der Waals surface area contributed by atoms with Gasteiger partial charge in [-0.1, -0.05) is 48.5 Å². The fraction of sp³-hybridized carbons (Fsp3) is 0.179. The number of fused-ring (bicyclic) bond motifs is 4. The number of aromatic amines is 1. The van der Waals surface area contributed by atoms with Crippen molar-refractivity contribution in [1.29, 1.82) is 0 Å². The normalized spacial score (nSPS) is 18.8. The highest BCUT2D eigenvalue weighted by Crippen LogP contribution is 2.47. The van der Waals surface area contributed by atoms with Gasteiger partial charge in [-0.25, -0.2) is 14.5 Å². The van der Waals surface area contributed by atoms with E-state index in [1.807, 2.05) is 48.5 Å². The first kappa shape index (κ1) is 21.9. The van der Waals surface area contributed by atoms with E-state index in [0.29, 0.717) is 12.2 Å². The van der Waals surface area contributed by atoms with Gasteiger partial charge in [-0.15, -0.1) is 0 Å². The van der Waals surface area contributed by atoms with Crippen LogP contribution in [0.4, 0.5) is 10.5 Å². The minimum Gasteiger partial charge on any atom is -0.496 e. The van der Waals surface area contributed by atoms with Gasteiger partial charge >= 0.3 is 12.0 Å². The van der Waals surface area contributed by atoms with Crippen LogP contribution in [0.1, 0.15) is 33.2 Å². The maximum Gasteiger partial charge on any atom is 0.339 e. The number of para-hydroxylation sites is 3. The molecule has 36 heavy (non-hydrogen) atoms. The van der Waals surface area contributed by atoms with Gasteiger partial charge in [0, 0.05) is 28.6 Å². The maximum atomic E-state index is 14.0. The van der Waals surface area contributed by atoms with Crippen LogP contribution in [0.25, 0.3) is 10.9 Å². The first-order valence-corrected chi connectivity index (χ1v) is 11.6. The van der Waals surface area contributed by atoms with Crippen molar-refractivity contribution in [2.24, 2.45) is 0 Å². The number of rotatable bonds is 4. The Morgan fingerprint density at radius 3 is 2.47 bits per heavy atom. The lowest BCUT2D eigenvalue weighted by atomic mass is 9.88. The zero-order valence-corrected chi connectivity index (χ0v) is 19.7. The molecule has 2 atom stereocenters. The van der Waals surface area contributed by atoms with E-state index in [0.717, 1.165) is 32.6 Å². The number of hydrogen-bond acceptors (Lipinski definition) is 5. The molecule has 8 heteroatoms. The minimum atomic E-state index is -0.746. The molecule has 4 aromatic rings. The van der Waals surface area contributed by atoms with E-state index in [1.54, 1.807) is 36.3 Å². The first-order valence-electron chi connectivity index (χ1n) is 11.6. The smallest absolute Gasteiger partial charge is 0.339 e. The Kier molecular flexibility index (Phi) is 5.03. The highest BCUT2D eigenvalue weighted by Gasteiger charge is 2.54. The van der Waals surface area contributed by atoms with Crippen molar-refractivity contribution in [3.05, 3.63) is 95.2 Å². The zero-order chi connectivity index (χ0) is 25.0. The third-order valence-electron chi connectivity index (χ3n) is 7.03. The van der Waals surface area contributed by atoms with E-state index in [4.69, 9.17) is 9.47 Å². The van der Waals surface area contributed by atoms with Crippen LogP contribution in [-0.2, 0) is 16.0 Å². The molecule has 180 valence electrons. The van der Waals surface area contributed by atoms with Gasteiger partial charge in [-0.3, -0.25) is 9.69 Å². The number of hydrogen-bond donors (Lipinski definition) is 1. The zero-order valence-electron chi connectivity index (χ0n) is 19.7. The number of esters is 1. The Morgan fingerprint density at radius 1 is 0.944 bits per heavy atom. The molecular formula is C28H23N3O5. The fourth-order valence-corrected chi connectivity index (χ4v) is 5.46. The Labute approximate surface area is 207 Å². The SMILES string of the molecule is COC(=O)c1ccccc1N1C(=O)[C@@H]2Cc3c([nH]c4ccccc34)[C@@H](c3ccccc3OC)N2C1=O. The van der Waals surface area contributed by atoms with E-state index < -0.39 is 24.1 Å². The second-order valence-corrected chi connectivity index (χ2v) is 8.80. The van der Waals surface area contributed by atoms with Crippen molar-refractivity contribution >= 4 is 34.5 Å². The van der Waals surface area contributed by atoms with Crippen molar-refractivity contribution in [1.82, 2.24) is 9.88 Å². The van der Waals surface area contributed by atoms with Gasteiger partial charge in [-0.2, -0.15) is 0 Å². The standard InChI is InChI=1S/C28H23N3O5/c1-35-23-14-8-5-11-18(23)25-24-19(16-9-3-6-12-20(16)29-24)15-22-26(32)31(28(34)30(22)25)21-13-7-4-10-17(21)27(33)36-2/h3-14,22,25,29H,15H2,1-2H3/t22-,25+/m0/s1. The van der Waals surface area contributed by atoms with Crippen LogP contribution in [0, 0.1) is 0 Å². The summed E-state index contributed by atoms with van der Waals surface area (Å²) in [5, 5.41) is 1.01. The van der Waals surface area contributed by atoms with E-state index in [9.17, 15) is 14.4 Å². The van der Waals surface area contributed by atoms with Gasteiger partial charge in [0.15, 0.2) is 0 Å². The van der Waals surface area contributed by atoms with Crippen molar-refractivity contribution in [3.8, 4) is 5.75 Å². The third kappa shape index (κ3) is 3.04. The van der Waals surface area contributed by atoms with Crippen molar-refractivity contribution in [2.45, 2.75) is 18.5 Å². The van der Waals surface area contributed by atoms with Gasteiger partial charge in [0.25, 0.3) is 5.91 Å². The number of nitrogens with one attached hydrogen (secondary N) is 1. The van der Waals surface area contributed by atoms with E-state index in [2.05, 4.69) is 4.98 Å². The number of aromatic nitrogens is 1. The summed E-state index contributed by atoms with van der Waals surface area (Å²) in [5.74, 6) is -0.387. The van der Waals surface area contributed by atoms with Gasteiger partial charge in [0.2, 0.25) is 0 Å². The predicted molar refractivity (Wildman–Crippen MR) is 133 cm³/mol. The molecule has 0 saturated carbocycles. The van der Waals surface area contributed by atoms with Crippen LogP contribution in [-0.4, -0.2) is 48.1 Å². The predicted octanol–water partition coefficient (Wildman–Crippen LogP) is 4.45. The molecule has 6 rings (SSSR count). The summed E-state index contributed by atoms with van der Waals surface area (Å²) < 4.78 is 10.6. The largest absolute Gasteiger partial charge is 0.496 e. The lowest BCUT2D eigenvalue weighted by Crippen LogP contribution is -2.44. The Bertz CT molecular complexity index is 1540. The quantitative estimate of drug-likeness (QED) is 0.344. The van der Waals surface area contributed by atoms with Gasteiger partial charge in [-0.05, 0) is 29.8 Å². The summed E-state index contributed by atoms with van der Waals surface area (Å²) >= 11 is 0. The molecule has 3 amide bonds. The molecule has 2 aliphatic rings. The molecule has 1 aromatic heterocycles. The van der Waals surface area contributed by atoms with E-state index >= 15 is 0 Å². The highest BCUT2D eigenvalue weighted by atomic mass is 16.5. The summed E-state index contributed by atoms with van der Waals surface area (Å²) in [5.41, 5.74) is 3.91. The minimum absolute atomic E-state index is 0.152. The lowest BCUT2D eigenvalue weighted by Gasteiger charge is -2.36. The number of urea groups is 1. The summed E-state index contributed by atoms with van der Waals surface area (Å²) in [4.78, 5) is 46.6. The average molecular weight is 482 g/mol. The molecular weight excluding hydrogens is 458 g/mol. The average Bonchev–Trinajstić information content (AvgIpc) is 3.41. The van der Waals surface area contributed by atoms with Crippen molar-refractivity contribution in [2.75, 3.05) is 19.1 Å². The van der Waals surface area contributed by atoms with E-state index in [-0.39, 0.29) is 17.2 Å². The number of methoxy groups -OCH3 is 2. The molecule has 3 heterocycles. The number of carbonyl (C=O) groups excluding carboxylic acids is 3. The van der Waals surface area contributed by atoms with Gasteiger partial charge in [0.05, 0.1) is 25.5 Å². The number of benzene rings is 3. The molecule has 1 saturated heterocycles. The van der Waals surface area contributed by atoms with Gasteiger partial charge in [0.1, 0.15) is 17.8 Å². The van der Waals surface area contributed by atoms with Crippen LogP contribution in [0.3, 0.4) is 0 Å². The maximum absolute atomic E-state index is 14.0. The second kappa shape index (κ2) is 8.27. The number of carbonyl (C=O) groups is 3. The Morgan fingerprint density at radius 2 is 1.67 bits per heavy atom. The number of anilines is 1. The lowest BCUT2D eigenvalue weighted by molar-refractivity contribution is -0.120. The monoisotopic (exact) mass is 481 g/mol.